The standard InChI is InChI=1S/C19H17N3O3S/c1-11(2)9-21-18(23)14-10-24-15-8-12(5-6-13(14)15)25-19-22-17-16(26-19)4-3-7-20-17/h3-8,10-11H,9H2,1-2H3,(H,21,23). The van der Waals surface area contributed by atoms with Crippen LogP contribution in [0.5, 0.6) is 10.9 Å². The summed E-state index contributed by atoms with van der Waals surface area (Å²) < 4.78 is 12.3. The van der Waals surface area contributed by atoms with Crippen LogP contribution in [0.15, 0.2) is 47.2 Å². The quantitative estimate of drug-likeness (QED) is 0.557. The van der Waals surface area contributed by atoms with Gasteiger partial charge >= 0.3 is 0 Å². The molecule has 0 aliphatic heterocycles. The lowest BCUT2D eigenvalue weighted by molar-refractivity contribution is 0.0950. The van der Waals surface area contributed by atoms with Gasteiger partial charge in [0.05, 0.1) is 10.3 Å². The summed E-state index contributed by atoms with van der Waals surface area (Å²) in [5.74, 6) is 0.851. The Labute approximate surface area is 153 Å². The van der Waals surface area contributed by atoms with Gasteiger partial charge in [0.2, 0.25) is 0 Å². The molecule has 3 heterocycles. The predicted octanol–water partition coefficient (Wildman–Crippen LogP) is 4.62. The normalized spacial score (nSPS) is 11.3. The van der Waals surface area contributed by atoms with Crippen molar-refractivity contribution in [2.24, 2.45) is 5.92 Å². The van der Waals surface area contributed by atoms with Crippen LogP contribution in [0.25, 0.3) is 21.3 Å². The van der Waals surface area contributed by atoms with Crippen LogP contribution in [-0.4, -0.2) is 22.4 Å². The van der Waals surface area contributed by atoms with Gasteiger partial charge in [0, 0.05) is 24.2 Å². The lowest BCUT2D eigenvalue weighted by Gasteiger charge is -2.06. The van der Waals surface area contributed by atoms with Crippen LogP contribution in [0.1, 0.15) is 24.2 Å². The smallest absolute Gasteiger partial charge is 0.281 e. The van der Waals surface area contributed by atoms with Crippen LogP contribution in [0.3, 0.4) is 0 Å². The number of nitrogens with zero attached hydrogens (tertiary/aromatic N) is 2. The number of hydrogen-bond donors (Lipinski definition) is 1. The molecule has 0 radical (unpaired) electrons. The van der Waals surface area contributed by atoms with Crippen molar-refractivity contribution in [2.75, 3.05) is 6.54 Å². The van der Waals surface area contributed by atoms with E-state index in [4.69, 9.17) is 9.15 Å². The fourth-order valence-corrected chi connectivity index (χ4v) is 3.33. The molecule has 0 saturated heterocycles. The summed E-state index contributed by atoms with van der Waals surface area (Å²) in [6.07, 6.45) is 3.18. The molecule has 0 spiro atoms. The zero-order valence-electron chi connectivity index (χ0n) is 14.4. The summed E-state index contributed by atoms with van der Waals surface area (Å²) in [5.41, 5.74) is 1.78. The minimum atomic E-state index is -0.136. The number of pyridine rings is 1. The molecular formula is C19H17N3O3S. The zero-order valence-corrected chi connectivity index (χ0v) is 15.2. The van der Waals surface area contributed by atoms with Crippen LogP contribution in [0, 0.1) is 5.92 Å². The number of hydrogen-bond acceptors (Lipinski definition) is 6. The first-order chi connectivity index (χ1) is 12.6. The molecular weight excluding hydrogens is 350 g/mol. The Balaban J connectivity index is 1.57. The second-order valence-electron chi connectivity index (χ2n) is 6.32. The van der Waals surface area contributed by atoms with Crippen molar-refractivity contribution in [3.05, 3.63) is 48.4 Å². The highest BCUT2D eigenvalue weighted by molar-refractivity contribution is 7.20. The minimum Gasteiger partial charge on any atom is -0.463 e. The van der Waals surface area contributed by atoms with Gasteiger partial charge in [0.1, 0.15) is 17.6 Å². The van der Waals surface area contributed by atoms with Crippen LogP contribution >= 0.6 is 11.3 Å². The number of furan rings is 1. The number of ether oxygens (including phenoxy) is 1. The number of benzene rings is 1. The maximum absolute atomic E-state index is 12.3. The molecule has 1 amide bonds. The second kappa shape index (κ2) is 6.76. The maximum atomic E-state index is 12.3. The molecule has 132 valence electrons. The van der Waals surface area contributed by atoms with Crippen molar-refractivity contribution in [1.29, 1.82) is 0 Å². The highest BCUT2D eigenvalue weighted by Gasteiger charge is 2.15. The van der Waals surface area contributed by atoms with Gasteiger partial charge in [0.15, 0.2) is 5.65 Å². The number of carbonyl (C=O) groups is 1. The number of carbonyl (C=O) groups excluding carboxylic acids is 1. The Morgan fingerprint density at radius 1 is 1.35 bits per heavy atom. The van der Waals surface area contributed by atoms with E-state index in [2.05, 4.69) is 29.1 Å². The summed E-state index contributed by atoms with van der Waals surface area (Å²) in [6, 6.07) is 9.20. The molecule has 1 aromatic carbocycles. The first-order valence-electron chi connectivity index (χ1n) is 8.29. The Kier molecular flexibility index (Phi) is 4.30. The molecule has 0 bridgehead atoms. The average Bonchev–Trinajstić information content (AvgIpc) is 3.22. The van der Waals surface area contributed by atoms with Gasteiger partial charge in [-0.15, -0.1) is 0 Å². The molecule has 0 aliphatic rings. The Bertz CT molecular complexity index is 1050. The van der Waals surface area contributed by atoms with Crippen molar-refractivity contribution in [1.82, 2.24) is 15.3 Å². The third kappa shape index (κ3) is 3.25. The highest BCUT2D eigenvalue weighted by atomic mass is 32.1. The minimum absolute atomic E-state index is 0.136. The molecule has 4 rings (SSSR count). The number of rotatable bonds is 5. The van der Waals surface area contributed by atoms with Gasteiger partial charge in [-0.1, -0.05) is 25.2 Å². The Morgan fingerprint density at radius 2 is 2.23 bits per heavy atom. The second-order valence-corrected chi connectivity index (χ2v) is 7.31. The highest BCUT2D eigenvalue weighted by Crippen LogP contribution is 2.32. The van der Waals surface area contributed by atoms with Crippen molar-refractivity contribution in [3.63, 3.8) is 0 Å². The molecule has 4 aromatic rings. The Hall–Kier alpha value is -2.93. The van der Waals surface area contributed by atoms with E-state index in [0.717, 1.165) is 10.1 Å². The average molecular weight is 367 g/mol. The molecule has 0 atom stereocenters. The van der Waals surface area contributed by atoms with Crippen LogP contribution in [0.4, 0.5) is 0 Å². The number of aromatic nitrogens is 2. The van der Waals surface area contributed by atoms with E-state index in [9.17, 15) is 4.79 Å². The van der Waals surface area contributed by atoms with Crippen molar-refractivity contribution >= 4 is 38.6 Å². The van der Waals surface area contributed by atoms with Crippen molar-refractivity contribution < 1.29 is 13.9 Å². The van der Waals surface area contributed by atoms with Crippen LogP contribution < -0.4 is 10.1 Å². The van der Waals surface area contributed by atoms with Gasteiger partial charge in [-0.3, -0.25) is 4.79 Å². The topological polar surface area (TPSA) is 77.2 Å². The third-order valence-corrected chi connectivity index (χ3v) is 4.70. The van der Waals surface area contributed by atoms with E-state index >= 15 is 0 Å². The van der Waals surface area contributed by atoms with E-state index in [1.54, 1.807) is 18.3 Å². The SMILES string of the molecule is CC(C)CNC(=O)c1coc2cc(Oc3nc4ncccc4s3)ccc12. The molecule has 3 aromatic heterocycles. The molecule has 0 fully saturated rings. The van der Waals surface area contributed by atoms with E-state index < -0.39 is 0 Å². The molecule has 26 heavy (non-hydrogen) atoms. The summed E-state index contributed by atoms with van der Waals surface area (Å²) in [5, 5.41) is 4.17. The van der Waals surface area contributed by atoms with E-state index in [0.29, 0.717) is 40.2 Å². The molecule has 0 unspecified atom stereocenters. The van der Waals surface area contributed by atoms with Crippen LogP contribution in [0.2, 0.25) is 0 Å². The zero-order chi connectivity index (χ0) is 18.1. The molecule has 0 aliphatic carbocycles. The first kappa shape index (κ1) is 16.5. The third-order valence-electron chi connectivity index (χ3n) is 3.81. The summed E-state index contributed by atoms with van der Waals surface area (Å²) in [4.78, 5) is 20.8. The monoisotopic (exact) mass is 367 g/mol. The van der Waals surface area contributed by atoms with E-state index in [1.807, 2.05) is 18.2 Å². The van der Waals surface area contributed by atoms with Gasteiger partial charge in [0.25, 0.3) is 11.1 Å². The molecule has 7 heteroatoms. The lowest BCUT2D eigenvalue weighted by atomic mass is 10.1. The number of nitrogens with one attached hydrogen (secondary N) is 1. The van der Waals surface area contributed by atoms with Crippen molar-refractivity contribution in [3.8, 4) is 10.9 Å². The van der Waals surface area contributed by atoms with Gasteiger partial charge in [-0.25, -0.2) is 4.98 Å². The molecule has 6 nitrogen and oxygen atoms in total. The Morgan fingerprint density at radius 3 is 3.04 bits per heavy atom. The maximum Gasteiger partial charge on any atom is 0.281 e. The van der Waals surface area contributed by atoms with Gasteiger partial charge < -0.3 is 14.5 Å². The fraction of sp³-hybridized carbons (Fsp3) is 0.211. The van der Waals surface area contributed by atoms with E-state index in [1.165, 1.54) is 17.6 Å². The fourth-order valence-electron chi connectivity index (χ4n) is 2.53. The summed E-state index contributed by atoms with van der Waals surface area (Å²) in [6.45, 7) is 4.72. The van der Waals surface area contributed by atoms with Gasteiger partial charge in [-0.05, 0) is 30.2 Å². The largest absolute Gasteiger partial charge is 0.463 e. The van der Waals surface area contributed by atoms with Crippen molar-refractivity contribution in [2.45, 2.75) is 13.8 Å². The van der Waals surface area contributed by atoms with E-state index in [-0.39, 0.29) is 5.91 Å². The lowest BCUT2D eigenvalue weighted by Crippen LogP contribution is -2.27. The predicted molar refractivity (Wildman–Crippen MR) is 101 cm³/mol. The number of amides is 1. The van der Waals surface area contributed by atoms with Gasteiger partial charge in [-0.2, -0.15) is 4.98 Å². The summed E-state index contributed by atoms with van der Waals surface area (Å²) in [7, 11) is 0. The molecule has 0 saturated carbocycles. The first-order valence-corrected chi connectivity index (χ1v) is 9.10. The number of fused-ring (bicyclic) bond motifs is 2. The number of thiazole rings is 1. The summed E-state index contributed by atoms with van der Waals surface area (Å²) >= 11 is 1.43. The molecule has 1 N–H and O–H groups in total. The van der Waals surface area contributed by atoms with Crippen LogP contribution in [-0.2, 0) is 0 Å².